The molecule has 1 aromatic rings. The van der Waals surface area contributed by atoms with Gasteiger partial charge in [-0.05, 0) is 44.4 Å². The Labute approximate surface area is 131 Å². The van der Waals surface area contributed by atoms with Crippen LogP contribution in [0.3, 0.4) is 0 Å². The van der Waals surface area contributed by atoms with Gasteiger partial charge in [0.05, 0.1) is 5.92 Å². The molecule has 0 aromatic heterocycles. The standard InChI is InChI=1S/C17H24FNO3/c1-5-12(3)19-16(20)13(4)22-17(21)11(2)9-14-7-6-8-15(18)10-14/h6-8,10-13H,5,9H2,1-4H3,(H,19,20). The summed E-state index contributed by atoms with van der Waals surface area (Å²) >= 11 is 0. The minimum absolute atomic E-state index is 0.0402. The molecule has 0 aliphatic carbocycles. The Morgan fingerprint density at radius 2 is 1.95 bits per heavy atom. The molecule has 0 heterocycles. The number of halogens is 1. The molecule has 3 unspecified atom stereocenters. The van der Waals surface area contributed by atoms with Gasteiger partial charge in [0.1, 0.15) is 5.82 Å². The van der Waals surface area contributed by atoms with E-state index in [-0.39, 0.29) is 17.8 Å². The minimum Gasteiger partial charge on any atom is -0.452 e. The number of benzene rings is 1. The fourth-order valence-electron chi connectivity index (χ4n) is 1.91. The molecule has 0 saturated carbocycles. The number of nitrogens with one attached hydrogen (secondary N) is 1. The zero-order chi connectivity index (χ0) is 16.7. The molecule has 5 heteroatoms. The predicted molar refractivity (Wildman–Crippen MR) is 82.7 cm³/mol. The van der Waals surface area contributed by atoms with Crippen LogP contribution in [0.25, 0.3) is 0 Å². The number of hydrogen-bond donors (Lipinski definition) is 1. The SMILES string of the molecule is CCC(C)NC(=O)C(C)OC(=O)C(C)Cc1cccc(F)c1. The molecular formula is C17H24FNO3. The Morgan fingerprint density at radius 1 is 1.27 bits per heavy atom. The maximum absolute atomic E-state index is 13.1. The second kappa shape index (κ2) is 8.51. The largest absolute Gasteiger partial charge is 0.452 e. The van der Waals surface area contributed by atoms with Crippen LogP contribution < -0.4 is 5.32 Å². The van der Waals surface area contributed by atoms with Gasteiger partial charge in [-0.2, -0.15) is 0 Å². The molecule has 122 valence electrons. The minimum atomic E-state index is -0.837. The molecule has 1 aromatic carbocycles. The summed E-state index contributed by atoms with van der Waals surface area (Å²) in [5, 5.41) is 2.77. The first kappa shape index (κ1) is 18.1. The summed E-state index contributed by atoms with van der Waals surface area (Å²) in [4.78, 5) is 23.8. The van der Waals surface area contributed by atoms with E-state index in [2.05, 4.69) is 5.32 Å². The van der Waals surface area contributed by atoms with Gasteiger partial charge in [-0.1, -0.05) is 26.0 Å². The number of rotatable bonds is 7. The van der Waals surface area contributed by atoms with Gasteiger partial charge in [-0.15, -0.1) is 0 Å². The summed E-state index contributed by atoms with van der Waals surface area (Å²) in [6, 6.07) is 6.14. The van der Waals surface area contributed by atoms with Crippen molar-refractivity contribution in [2.75, 3.05) is 0 Å². The van der Waals surface area contributed by atoms with Crippen LogP contribution in [0, 0.1) is 11.7 Å². The van der Waals surface area contributed by atoms with Gasteiger partial charge < -0.3 is 10.1 Å². The Hall–Kier alpha value is -1.91. The van der Waals surface area contributed by atoms with Crippen molar-refractivity contribution < 1.29 is 18.7 Å². The van der Waals surface area contributed by atoms with Crippen molar-refractivity contribution in [2.24, 2.45) is 5.92 Å². The van der Waals surface area contributed by atoms with Gasteiger partial charge >= 0.3 is 5.97 Å². The van der Waals surface area contributed by atoms with Crippen molar-refractivity contribution in [1.29, 1.82) is 0 Å². The van der Waals surface area contributed by atoms with Gasteiger partial charge in [-0.25, -0.2) is 4.39 Å². The van der Waals surface area contributed by atoms with Crippen molar-refractivity contribution in [1.82, 2.24) is 5.32 Å². The third-order valence-electron chi connectivity index (χ3n) is 3.50. The van der Waals surface area contributed by atoms with Crippen LogP contribution in [0.1, 0.15) is 39.7 Å². The average Bonchev–Trinajstić information content (AvgIpc) is 2.46. The quantitative estimate of drug-likeness (QED) is 0.788. The van der Waals surface area contributed by atoms with Crippen LogP contribution in [-0.2, 0) is 20.7 Å². The highest BCUT2D eigenvalue weighted by atomic mass is 19.1. The highest BCUT2D eigenvalue weighted by molar-refractivity contribution is 5.84. The van der Waals surface area contributed by atoms with Crippen LogP contribution in [0.5, 0.6) is 0 Å². The molecule has 0 saturated heterocycles. The topological polar surface area (TPSA) is 55.4 Å². The van der Waals surface area contributed by atoms with E-state index in [9.17, 15) is 14.0 Å². The summed E-state index contributed by atoms with van der Waals surface area (Å²) in [6.45, 7) is 7.10. The molecule has 1 N–H and O–H groups in total. The molecule has 4 nitrogen and oxygen atoms in total. The van der Waals surface area contributed by atoms with Gasteiger partial charge in [0.25, 0.3) is 5.91 Å². The molecule has 22 heavy (non-hydrogen) atoms. The second-order valence-corrected chi connectivity index (χ2v) is 5.63. The zero-order valence-electron chi connectivity index (χ0n) is 13.6. The molecule has 0 spiro atoms. The Bertz CT molecular complexity index is 518. The summed E-state index contributed by atoms with van der Waals surface area (Å²) in [7, 11) is 0. The van der Waals surface area contributed by atoms with Crippen LogP contribution in [0.2, 0.25) is 0 Å². The fraction of sp³-hybridized carbons (Fsp3) is 0.529. The van der Waals surface area contributed by atoms with Gasteiger partial charge in [0.2, 0.25) is 0 Å². The summed E-state index contributed by atoms with van der Waals surface area (Å²) < 4.78 is 18.3. The molecule has 0 fully saturated rings. The summed E-state index contributed by atoms with van der Waals surface area (Å²) in [5.74, 6) is -1.54. The van der Waals surface area contributed by atoms with E-state index < -0.39 is 18.0 Å². The van der Waals surface area contributed by atoms with E-state index in [0.29, 0.717) is 6.42 Å². The smallest absolute Gasteiger partial charge is 0.309 e. The number of hydrogen-bond acceptors (Lipinski definition) is 3. The molecule has 3 atom stereocenters. The van der Waals surface area contributed by atoms with Crippen LogP contribution in [-0.4, -0.2) is 24.0 Å². The van der Waals surface area contributed by atoms with E-state index in [0.717, 1.165) is 12.0 Å². The van der Waals surface area contributed by atoms with Crippen LogP contribution in [0.15, 0.2) is 24.3 Å². The van der Waals surface area contributed by atoms with Crippen molar-refractivity contribution in [3.63, 3.8) is 0 Å². The van der Waals surface area contributed by atoms with Crippen molar-refractivity contribution in [3.8, 4) is 0 Å². The Kier molecular flexibility index (Phi) is 7.02. The van der Waals surface area contributed by atoms with Gasteiger partial charge in [0, 0.05) is 6.04 Å². The lowest BCUT2D eigenvalue weighted by Crippen LogP contribution is -2.41. The van der Waals surface area contributed by atoms with E-state index in [1.807, 2.05) is 13.8 Å². The number of ether oxygens (including phenoxy) is 1. The Morgan fingerprint density at radius 3 is 2.55 bits per heavy atom. The first-order chi connectivity index (χ1) is 10.3. The summed E-state index contributed by atoms with van der Waals surface area (Å²) in [5.41, 5.74) is 0.723. The lowest BCUT2D eigenvalue weighted by atomic mass is 10.0. The third kappa shape index (κ3) is 5.84. The highest BCUT2D eigenvalue weighted by Crippen LogP contribution is 2.12. The second-order valence-electron chi connectivity index (χ2n) is 5.63. The zero-order valence-corrected chi connectivity index (χ0v) is 13.6. The predicted octanol–water partition coefficient (Wildman–Crippen LogP) is 2.85. The fourth-order valence-corrected chi connectivity index (χ4v) is 1.91. The van der Waals surface area contributed by atoms with Crippen molar-refractivity contribution >= 4 is 11.9 Å². The maximum atomic E-state index is 13.1. The monoisotopic (exact) mass is 309 g/mol. The lowest BCUT2D eigenvalue weighted by Gasteiger charge is -2.19. The molecule has 0 aliphatic rings. The number of amides is 1. The van der Waals surface area contributed by atoms with E-state index in [1.54, 1.807) is 26.0 Å². The van der Waals surface area contributed by atoms with E-state index in [4.69, 9.17) is 4.74 Å². The summed E-state index contributed by atoms with van der Waals surface area (Å²) in [6.07, 6.45) is 0.343. The molecule has 0 radical (unpaired) electrons. The van der Waals surface area contributed by atoms with Gasteiger partial charge in [-0.3, -0.25) is 9.59 Å². The number of carbonyl (C=O) groups excluding carboxylic acids is 2. The normalized spacial score (nSPS) is 14.8. The van der Waals surface area contributed by atoms with E-state index >= 15 is 0 Å². The first-order valence-electron chi connectivity index (χ1n) is 7.58. The third-order valence-corrected chi connectivity index (χ3v) is 3.50. The average molecular weight is 309 g/mol. The van der Waals surface area contributed by atoms with Crippen molar-refractivity contribution in [3.05, 3.63) is 35.6 Å². The Balaban J connectivity index is 2.51. The molecule has 0 bridgehead atoms. The number of carbonyl (C=O) groups is 2. The first-order valence-corrected chi connectivity index (χ1v) is 7.58. The number of esters is 1. The van der Waals surface area contributed by atoms with Crippen molar-refractivity contribution in [2.45, 2.75) is 52.7 Å². The highest BCUT2D eigenvalue weighted by Gasteiger charge is 2.22. The molecule has 0 aliphatic heterocycles. The maximum Gasteiger partial charge on any atom is 0.309 e. The lowest BCUT2D eigenvalue weighted by molar-refractivity contribution is -0.158. The van der Waals surface area contributed by atoms with Crippen LogP contribution >= 0.6 is 0 Å². The van der Waals surface area contributed by atoms with Crippen LogP contribution in [0.4, 0.5) is 4.39 Å². The molecular weight excluding hydrogens is 285 g/mol. The molecule has 1 rings (SSSR count). The molecule has 1 amide bonds. The van der Waals surface area contributed by atoms with E-state index in [1.165, 1.54) is 12.1 Å². The van der Waals surface area contributed by atoms with Gasteiger partial charge in [0.15, 0.2) is 6.10 Å².